The van der Waals surface area contributed by atoms with Crippen molar-refractivity contribution in [1.29, 1.82) is 0 Å². The number of halogens is 1. The number of nitrogens with zero attached hydrogens (tertiary/aromatic N) is 3. The van der Waals surface area contributed by atoms with E-state index in [0.29, 0.717) is 26.2 Å². The third-order valence-electron chi connectivity index (χ3n) is 4.91. The number of aromatic nitrogens is 1. The molecule has 0 radical (unpaired) electrons. The molecule has 180 valence electrons. The number of amides is 1. The number of ether oxygens (including phenoxy) is 1. The van der Waals surface area contributed by atoms with E-state index in [1.54, 1.807) is 27.8 Å². The predicted octanol–water partition coefficient (Wildman–Crippen LogP) is 3.19. The van der Waals surface area contributed by atoms with Crippen LogP contribution in [0.15, 0.2) is 58.4 Å². The number of aliphatic imine (C=N–C) groups is 1. The molecule has 2 heterocycles. The zero-order valence-corrected chi connectivity index (χ0v) is 22.0. The molecular formula is C24H34IN5O3. The van der Waals surface area contributed by atoms with Gasteiger partial charge >= 0.3 is 6.09 Å². The van der Waals surface area contributed by atoms with Crippen molar-refractivity contribution in [3.05, 3.63) is 70.1 Å². The van der Waals surface area contributed by atoms with Crippen LogP contribution in [0.4, 0.5) is 4.79 Å². The van der Waals surface area contributed by atoms with E-state index < -0.39 is 5.60 Å². The summed E-state index contributed by atoms with van der Waals surface area (Å²) in [5.41, 5.74) is 1.64. The van der Waals surface area contributed by atoms with Gasteiger partial charge in [0, 0.05) is 31.9 Å². The fourth-order valence-corrected chi connectivity index (χ4v) is 3.27. The molecule has 1 aliphatic rings. The van der Waals surface area contributed by atoms with E-state index in [0.717, 1.165) is 23.6 Å². The summed E-state index contributed by atoms with van der Waals surface area (Å²) >= 11 is 0. The SMILES string of the molecule is CCNC(=NCc1ccc(Cn2ccccc2=O)cc1)NC1CN(C(=O)OC(C)(C)C)C1.I. The van der Waals surface area contributed by atoms with Crippen LogP contribution in [0.3, 0.4) is 0 Å². The average molecular weight is 567 g/mol. The Morgan fingerprint density at radius 3 is 2.39 bits per heavy atom. The van der Waals surface area contributed by atoms with E-state index in [2.05, 4.69) is 15.6 Å². The maximum absolute atomic E-state index is 12.1. The van der Waals surface area contributed by atoms with E-state index in [-0.39, 0.29) is 41.7 Å². The molecule has 1 aromatic heterocycles. The van der Waals surface area contributed by atoms with Crippen LogP contribution in [0.5, 0.6) is 0 Å². The molecule has 1 aliphatic heterocycles. The molecule has 8 nitrogen and oxygen atoms in total. The molecule has 1 saturated heterocycles. The lowest BCUT2D eigenvalue weighted by atomic mass is 10.1. The van der Waals surface area contributed by atoms with Crippen LogP contribution in [0.2, 0.25) is 0 Å². The van der Waals surface area contributed by atoms with E-state index in [1.165, 1.54) is 0 Å². The lowest BCUT2D eigenvalue weighted by Crippen LogP contribution is -2.63. The Morgan fingerprint density at radius 1 is 1.12 bits per heavy atom. The fourth-order valence-electron chi connectivity index (χ4n) is 3.27. The van der Waals surface area contributed by atoms with Crippen LogP contribution in [0, 0.1) is 0 Å². The second-order valence-corrected chi connectivity index (χ2v) is 8.91. The molecule has 1 aromatic carbocycles. The minimum atomic E-state index is -0.488. The fraction of sp³-hybridized carbons (Fsp3) is 0.458. The lowest BCUT2D eigenvalue weighted by molar-refractivity contribution is 0.00700. The normalized spacial score (nSPS) is 14.2. The monoisotopic (exact) mass is 567 g/mol. The summed E-state index contributed by atoms with van der Waals surface area (Å²) in [4.78, 5) is 30.3. The van der Waals surface area contributed by atoms with Crippen molar-refractivity contribution in [2.45, 2.75) is 52.4 Å². The molecule has 1 amide bonds. The molecule has 3 rings (SSSR count). The topological polar surface area (TPSA) is 88.0 Å². The summed E-state index contributed by atoms with van der Waals surface area (Å²) in [6.45, 7) is 10.6. The molecule has 0 bridgehead atoms. The van der Waals surface area contributed by atoms with Gasteiger partial charge < -0.3 is 24.8 Å². The van der Waals surface area contributed by atoms with E-state index in [4.69, 9.17) is 4.74 Å². The first-order valence-corrected chi connectivity index (χ1v) is 11.0. The van der Waals surface area contributed by atoms with Gasteiger partial charge in [-0.1, -0.05) is 30.3 Å². The van der Waals surface area contributed by atoms with Crippen molar-refractivity contribution in [3.8, 4) is 0 Å². The van der Waals surface area contributed by atoms with Gasteiger partial charge in [0.1, 0.15) is 5.60 Å². The molecule has 0 unspecified atom stereocenters. The highest BCUT2D eigenvalue weighted by Gasteiger charge is 2.34. The quantitative estimate of drug-likeness (QED) is 0.318. The van der Waals surface area contributed by atoms with Crippen LogP contribution in [0.25, 0.3) is 0 Å². The minimum Gasteiger partial charge on any atom is -0.444 e. The van der Waals surface area contributed by atoms with E-state index in [9.17, 15) is 9.59 Å². The van der Waals surface area contributed by atoms with Gasteiger partial charge in [-0.25, -0.2) is 9.79 Å². The maximum Gasteiger partial charge on any atom is 0.410 e. The average Bonchev–Trinajstić information content (AvgIpc) is 2.69. The molecule has 9 heteroatoms. The third-order valence-corrected chi connectivity index (χ3v) is 4.91. The van der Waals surface area contributed by atoms with Gasteiger partial charge in [-0.3, -0.25) is 4.79 Å². The first-order valence-electron chi connectivity index (χ1n) is 11.0. The van der Waals surface area contributed by atoms with Gasteiger partial charge in [-0.05, 0) is 44.9 Å². The zero-order valence-electron chi connectivity index (χ0n) is 19.7. The minimum absolute atomic E-state index is 0. The van der Waals surface area contributed by atoms with Crippen molar-refractivity contribution < 1.29 is 9.53 Å². The molecule has 0 atom stereocenters. The van der Waals surface area contributed by atoms with Gasteiger partial charge in [-0.2, -0.15) is 0 Å². The highest BCUT2D eigenvalue weighted by Crippen LogP contribution is 2.15. The van der Waals surface area contributed by atoms with Gasteiger partial charge in [-0.15, -0.1) is 24.0 Å². The van der Waals surface area contributed by atoms with Crippen molar-refractivity contribution in [3.63, 3.8) is 0 Å². The Bertz CT molecular complexity index is 992. The Morgan fingerprint density at radius 2 is 1.79 bits per heavy atom. The summed E-state index contributed by atoms with van der Waals surface area (Å²) in [6, 6.07) is 13.4. The van der Waals surface area contributed by atoms with Crippen LogP contribution in [0.1, 0.15) is 38.8 Å². The summed E-state index contributed by atoms with van der Waals surface area (Å²) in [5, 5.41) is 6.62. The highest BCUT2D eigenvalue weighted by atomic mass is 127. The van der Waals surface area contributed by atoms with Gasteiger partial charge in [0.15, 0.2) is 5.96 Å². The third kappa shape index (κ3) is 8.38. The molecule has 0 aliphatic carbocycles. The predicted molar refractivity (Wildman–Crippen MR) is 141 cm³/mol. The molecule has 0 spiro atoms. The summed E-state index contributed by atoms with van der Waals surface area (Å²) in [5.74, 6) is 0.723. The molecule has 2 N–H and O–H groups in total. The van der Waals surface area contributed by atoms with Crippen LogP contribution < -0.4 is 16.2 Å². The standard InChI is InChI=1S/C24H33N5O3.HI/c1-5-25-22(27-20-16-29(17-20)23(31)32-24(2,3)4)26-14-18-9-11-19(12-10-18)15-28-13-7-6-8-21(28)30;/h6-13,20H,5,14-17H2,1-4H3,(H2,25,26,27);1H. The Kier molecular flexibility index (Phi) is 9.75. The van der Waals surface area contributed by atoms with E-state index >= 15 is 0 Å². The number of carbonyl (C=O) groups is 1. The number of pyridine rings is 1. The Hall–Kier alpha value is -2.56. The van der Waals surface area contributed by atoms with Crippen molar-refractivity contribution in [2.24, 2.45) is 4.99 Å². The highest BCUT2D eigenvalue weighted by molar-refractivity contribution is 14.0. The summed E-state index contributed by atoms with van der Waals surface area (Å²) < 4.78 is 7.08. The number of rotatable bonds is 6. The van der Waals surface area contributed by atoms with Gasteiger partial charge in [0.2, 0.25) is 0 Å². The van der Waals surface area contributed by atoms with E-state index in [1.807, 2.05) is 58.0 Å². The molecule has 33 heavy (non-hydrogen) atoms. The second-order valence-electron chi connectivity index (χ2n) is 8.91. The van der Waals surface area contributed by atoms with Crippen LogP contribution in [-0.4, -0.2) is 52.8 Å². The van der Waals surface area contributed by atoms with Crippen molar-refractivity contribution in [2.75, 3.05) is 19.6 Å². The number of carbonyl (C=O) groups excluding carboxylic acids is 1. The second kappa shape index (κ2) is 12.1. The first-order chi connectivity index (χ1) is 15.2. The van der Waals surface area contributed by atoms with Crippen molar-refractivity contribution >= 4 is 36.0 Å². The number of hydrogen-bond acceptors (Lipinski definition) is 4. The number of guanidine groups is 1. The summed E-state index contributed by atoms with van der Waals surface area (Å²) in [7, 11) is 0. The van der Waals surface area contributed by atoms with Crippen molar-refractivity contribution in [1.82, 2.24) is 20.1 Å². The number of benzene rings is 1. The molecule has 2 aromatic rings. The smallest absolute Gasteiger partial charge is 0.410 e. The molecule has 0 saturated carbocycles. The number of nitrogens with one attached hydrogen (secondary N) is 2. The zero-order chi connectivity index (χ0) is 23.1. The van der Waals surface area contributed by atoms with Gasteiger partial charge in [0.05, 0.1) is 19.1 Å². The number of hydrogen-bond donors (Lipinski definition) is 2. The molecule has 1 fully saturated rings. The maximum atomic E-state index is 12.1. The lowest BCUT2D eigenvalue weighted by Gasteiger charge is -2.40. The van der Waals surface area contributed by atoms with Crippen LogP contribution in [-0.2, 0) is 17.8 Å². The molecular weight excluding hydrogens is 533 g/mol. The number of likely N-dealkylation sites (tertiary alicyclic amines) is 1. The Balaban J connectivity index is 0.00000385. The van der Waals surface area contributed by atoms with Gasteiger partial charge in [0.25, 0.3) is 5.56 Å². The first kappa shape index (κ1) is 26.7. The summed E-state index contributed by atoms with van der Waals surface area (Å²) in [6.07, 6.45) is 1.51. The Labute approximate surface area is 212 Å². The largest absolute Gasteiger partial charge is 0.444 e. The van der Waals surface area contributed by atoms with Crippen LogP contribution >= 0.6 is 24.0 Å².